The Morgan fingerprint density at radius 2 is 1.62 bits per heavy atom. The Labute approximate surface area is 45.2 Å². The fourth-order valence-corrected chi connectivity index (χ4v) is 0. The third-order valence-corrected chi connectivity index (χ3v) is 0. The van der Waals surface area contributed by atoms with Gasteiger partial charge in [0.15, 0.2) is 0 Å². The van der Waals surface area contributed by atoms with Gasteiger partial charge in [-0.1, -0.05) is 6.58 Å². The van der Waals surface area contributed by atoms with Crippen molar-refractivity contribution in [3.63, 3.8) is 0 Å². The highest BCUT2D eigenvalue weighted by atomic mass is 19.1. The number of halogens is 1. The molecule has 8 heavy (non-hydrogen) atoms. The van der Waals surface area contributed by atoms with E-state index in [0.29, 0.717) is 0 Å². The normalized spacial score (nSPS) is 4.62. The summed E-state index contributed by atoms with van der Waals surface area (Å²) in [4.78, 5) is 8.56. The Kier molecular flexibility index (Phi) is 33.2. The molecular weight excluding hydrogens is 119 g/mol. The van der Waals surface area contributed by atoms with Crippen molar-refractivity contribution in [2.45, 2.75) is 0 Å². The number of carboxylic acid groups (broad SMARTS) is 2. The molecule has 5 heteroatoms. The van der Waals surface area contributed by atoms with Gasteiger partial charge in [0.05, 0.1) is 6.33 Å². The van der Waals surface area contributed by atoms with Gasteiger partial charge in [0, 0.05) is 0 Å². The van der Waals surface area contributed by atoms with E-state index in [4.69, 9.17) is 15.0 Å². The van der Waals surface area contributed by atoms with Crippen molar-refractivity contribution < 1.29 is 24.9 Å². The van der Waals surface area contributed by atoms with Crippen molar-refractivity contribution in [3.05, 3.63) is 12.9 Å². The third-order valence-electron chi connectivity index (χ3n) is 0. The highest BCUT2D eigenvalue weighted by molar-refractivity contribution is 5.53. The molecule has 0 fully saturated rings. The summed E-state index contributed by atoms with van der Waals surface area (Å²) >= 11 is 0. The zero-order valence-corrected chi connectivity index (χ0v) is 3.97. The third kappa shape index (κ3) is 61.6. The van der Waals surface area contributed by atoms with Crippen LogP contribution < -0.4 is 0 Å². The van der Waals surface area contributed by atoms with Gasteiger partial charge < -0.3 is 15.7 Å². The number of carbonyl (C=O) groups is 1. The van der Waals surface area contributed by atoms with Gasteiger partial charge in [-0.3, -0.25) is 0 Å². The standard InChI is InChI=1S/C2H3F.CH2O3.H2O/c1-2-3;2-1(3)4;/h2H,1H2;(H2,2,3,4);1H2. The number of hydrogen-bond acceptors (Lipinski definition) is 1. The van der Waals surface area contributed by atoms with Crippen LogP contribution in [0.25, 0.3) is 0 Å². The van der Waals surface area contributed by atoms with Gasteiger partial charge in [-0.05, 0) is 0 Å². The van der Waals surface area contributed by atoms with Crippen molar-refractivity contribution in [2.75, 3.05) is 0 Å². The van der Waals surface area contributed by atoms with Crippen LogP contribution in [0.2, 0.25) is 0 Å². The molecule has 0 aliphatic rings. The lowest BCUT2D eigenvalue weighted by Crippen LogP contribution is -1.81. The summed E-state index contributed by atoms with van der Waals surface area (Å²) in [5, 5.41) is 13.9. The summed E-state index contributed by atoms with van der Waals surface area (Å²) in [5.74, 6) is 0. The Hall–Kier alpha value is -1.10. The fourth-order valence-electron chi connectivity index (χ4n) is 0. The van der Waals surface area contributed by atoms with E-state index in [2.05, 4.69) is 6.58 Å². The molecular formula is C3H7FO4. The quantitative estimate of drug-likeness (QED) is 0.495. The van der Waals surface area contributed by atoms with Crippen LogP contribution in [0, 0.1) is 0 Å². The lowest BCUT2D eigenvalue weighted by Gasteiger charge is -1.60. The van der Waals surface area contributed by atoms with Crippen LogP contribution in [0.4, 0.5) is 9.18 Å². The van der Waals surface area contributed by atoms with E-state index in [0.717, 1.165) is 0 Å². The van der Waals surface area contributed by atoms with E-state index in [1.54, 1.807) is 0 Å². The second-order valence-corrected chi connectivity index (χ2v) is 0.437. The molecule has 0 rings (SSSR count). The Morgan fingerprint density at radius 3 is 1.62 bits per heavy atom. The average molecular weight is 126 g/mol. The van der Waals surface area contributed by atoms with Crippen LogP contribution in [0.15, 0.2) is 12.9 Å². The number of hydrogen-bond donors (Lipinski definition) is 2. The van der Waals surface area contributed by atoms with Crippen LogP contribution in [-0.4, -0.2) is 21.8 Å². The summed E-state index contributed by atoms with van der Waals surface area (Å²) < 4.78 is 10.1. The van der Waals surface area contributed by atoms with Crippen molar-refractivity contribution in [3.8, 4) is 0 Å². The largest absolute Gasteiger partial charge is 0.503 e. The first kappa shape index (κ1) is 15.8. The molecule has 4 nitrogen and oxygen atoms in total. The highest BCUT2D eigenvalue weighted by Gasteiger charge is 1.70. The summed E-state index contributed by atoms with van der Waals surface area (Å²) in [6, 6.07) is 0. The summed E-state index contributed by atoms with van der Waals surface area (Å²) in [5.41, 5.74) is 0. The Morgan fingerprint density at radius 1 is 1.62 bits per heavy atom. The van der Waals surface area contributed by atoms with E-state index in [1.165, 1.54) is 0 Å². The molecule has 0 radical (unpaired) electrons. The van der Waals surface area contributed by atoms with E-state index in [1.807, 2.05) is 0 Å². The van der Waals surface area contributed by atoms with Gasteiger partial charge in [-0.25, -0.2) is 9.18 Å². The van der Waals surface area contributed by atoms with E-state index in [-0.39, 0.29) is 11.8 Å². The summed E-state index contributed by atoms with van der Waals surface area (Å²) in [7, 11) is 0. The van der Waals surface area contributed by atoms with E-state index in [9.17, 15) is 4.39 Å². The van der Waals surface area contributed by atoms with Crippen molar-refractivity contribution in [1.29, 1.82) is 0 Å². The lowest BCUT2D eigenvalue weighted by atomic mass is 11.2. The maximum absolute atomic E-state index is 10.1. The first-order valence-electron chi connectivity index (χ1n) is 1.28. The first-order valence-corrected chi connectivity index (χ1v) is 1.28. The van der Waals surface area contributed by atoms with Gasteiger partial charge in [0.25, 0.3) is 0 Å². The molecule has 0 atom stereocenters. The van der Waals surface area contributed by atoms with Gasteiger partial charge in [-0.2, -0.15) is 0 Å². The smallest absolute Gasteiger partial charge is 0.450 e. The van der Waals surface area contributed by atoms with Crippen LogP contribution in [-0.2, 0) is 0 Å². The zero-order valence-electron chi connectivity index (χ0n) is 3.97. The second kappa shape index (κ2) is 16.8. The van der Waals surface area contributed by atoms with Gasteiger partial charge in [-0.15, -0.1) is 0 Å². The predicted molar refractivity (Wildman–Crippen MR) is 25.6 cm³/mol. The topological polar surface area (TPSA) is 89.0 Å². The van der Waals surface area contributed by atoms with Crippen molar-refractivity contribution >= 4 is 6.16 Å². The molecule has 0 aromatic rings. The lowest BCUT2D eigenvalue weighted by molar-refractivity contribution is 0.137. The molecule has 0 saturated carbocycles. The van der Waals surface area contributed by atoms with Crippen molar-refractivity contribution in [1.82, 2.24) is 0 Å². The van der Waals surface area contributed by atoms with E-state index < -0.39 is 6.16 Å². The zero-order chi connectivity index (χ0) is 6.28. The minimum Gasteiger partial charge on any atom is -0.450 e. The summed E-state index contributed by atoms with van der Waals surface area (Å²) in [6.45, 7) is 2.69. The molecule has 0 aliphatic heterocycles. The van der Waals surface area contributed by atoms with Crippen LogP contribution in [0.3, 0.4) is 0 Å². The van der Waals surface area contributed by atoms with Crippen LogP contribution in [0.5, 0.6) is 0 Å². The Balaban J connectivity index is -0.0000000575. The van der Waals surface area contributed by atoms with Crippen LogP contribution in [0.1, 0.15) is 0 Å². The van der Waals surface area contributed by atoms with Gasteiger partial charge in [0.1, 0.15) is 0 Å². The molecule has 0 spiro atoms. The van der Waals surface area contributed by atoms with Gasteiger partial charge >= 0.3 is 6.16 Å². The van der Waals surface area contributed by atoms with Crippen LogP contribution >= 0.6 is 0 Å². The van der Waals surface area contributed by atoms with E-state index >= 15 is 0 Å². The van der Waals surface area contributed by atoms with Crippen molar-refractivity contribution in [2.24, 2.45) is 0 Å². The molecule has 0 unspecified atom stereocenters. The molecule has 0 aromatic heterocycles. The second-order valence-electron chi connectivity index (χ2n) is 0.437. The molecule has 0 aromatic carbocycles. The molecule has 50 valence electrons. The maximum atomic E-state index is 10.1. The fraction of sp³-hybridized carbons (Fsp3) is 0. The maximum Gasteiger partial charge on any atom is 0.503 e. The molecule has 0 amide bonds. The molecule has 0 saturated heterocycles. The molecule has 0 aliphatic carbocycles. The monoisotopic (exact) mass is 126 g/mol. The minimum absolute atomic E-state index is 0. The summed E-state index contributed by atoms with van der Waals surface area (Å²) in [6.07, 6.45) is -1.58. The average Bonchev–Trinajstić information content (AvgIpc) is 1.33. The SMILES string of the molecule is C=CF.O.O=C(O)O. The molecule has 0 bridgehead atoms. The first-order chi connectivity index (χ1) is 3.15. The highest BCUT2D eigenvalue weighted by Crippen LogP contribution is 1.48. The van der Waals surface area contributed by atoms with Gasteiger partial charge in [0.2, 0.25) is 0 Å². The minimum atomic E-state index is -1.83. The predicted octanol–water partition coefficient (Wildman–Crippen LogP) is 0.497. The molecule has 4 N–H and O–H groups in total. The number of rotatable bonds is 0. The Bertz CT molecular complexity index is 58.3. The molecule has 0 heterocycles.